The van der Waals surface area contributed by atoms with Crippen LogP contribution in [-0.2, 0) is 30.4 Å². The number of nitrogens with two attached hydrogens (primary N) is 1. The van der Waals surface area contributed by atoms with Gasteiger partial charge in [-0.25, -0.2) is 9.78 Å². The quantitative estimate of drug-likeness (QED) is 0.0703. The molecule has 1 heterocycles. The summed E-state index contributed by atoms with van der Waals surface area (Å²) in [6.07, 6.45) is 3.46. The molecule has 0 unspecified atom stereocenters. The summed E-state index contributed by atoms with van der Waals surface area (Å²) in [5.41, 5.74) is 6.32. The molecule has 0 aliphatic rings. The average Bonchev–Trinajstić information content (AvgIpc) is 2.99. The Labute approximate surface area is 255 Å². The van der Waals surface area contributed by atoms with Crippen LogP contribution in [0.25, 0.3) is 0 Å². The fourth-order valence-corrected chi connectivity index (χ4v) is 4.87. The maximum Gasteiger partial charge on any atom is 0.326 e. The van der Waals surface area contributed by atoms with E-state index in [0.717, 1.165) is 17.3 Å². The van der Waals surface area contributed by atoms with Crippen LogP contribution in [0.5, 0.6) is 0 Å². The normalized spacial score (nSPS) is 12.7. The topological polar surface area (TPSA) is 236 Å². The molecule has 7 N–H and O–H groups in total. The van der Waals surface area contributed by atoms with Crippen LogP contribution in [0, 0.1) is 10.1 Å². The molecule has 1 aromatic carbocycles. The largest absolute Gasteiger partial charge is 0.480 e. The number of amides is 4. The molecule has 2 aromatic rings. The number of carboxylic acids is 1. The lowest BCUT2D eigenvalue weighted by Gasteiger charge is -2.22. The van der Waals surface area contributed by atoms with Gasteiger partial charge >= 0.3 is 11.7 Å². The number of rotatable bonds is 18. The zero-order valence-corrected chi connectivity index (χ0v) is 24.8. The number of thioether (sulfide) groups is 2. The smallest absolute Gasteiger partial charge is 0.326 e. The number of hydrogen-bond donors (Lipinski definition) is 6. The standard InChI is InChI=1S/C26H33N7O8S2/c1-42-11-9-18(26(38)39)32-24(37)19(12-16-6-3-2-4-7-16)31-22(35)14-29-21(34)13-30-23(36)17(27)15-43-25-20(33(40)41)8-5-10-28-25/h2-8,10,17-19H,9,11-15,27H2,1H3,(H,29,34)(H,30,36)(H,31,35)(H,32,37)(H,38,39)/t17-,18-,19+/m0/s1. The highest BCUT2D eigenvalue weighted by molar-refractivity contribution is 7.99. The number of pyridine rings is 1. The van der Waals surface area contributed by atoms with Gasteiger partial charge in [0.1, 0.15) is 12.1 Å². The third-order valence-corrected chi connectivity index (χ3v) is 7.47. The highest BCUT2D eigenvalue weighted by Gasteiger charge is 2.27. The second-order valence-electron chi connectivity index (χ2n) is 8.99. The van der Waals surface area contributed by atoms with E-state index in [4.69, 9.17) is 5.73 Å². The Morgan fingerprint density at radius 2 is 1.67 bits per heavy atom. The lowest BCUT2D eigenvalue weighted by Crippen LogP contribution is -2.54. The van der Waals surface area contributed by atoms with Crippen molar-refractivity contribution in [3.05, 3.63) is 64.3 Å². The lowest BCUT2D eigenvalue weighted by atomic mass is 10.0. The average molecular weight is 636 g/mol. The Morgan fingerprint density at radius 3 is 2.33 bits per heavy atom. The first-order chi connectivity index (χ1) is 20.5. The number of nitrogens with zero attached hydrogens (tertiary/aromatic N) is 2. The third kappa shape index (κ3) is 12.7. The van der Waals surface area contributed by atoms with Gasteiger partial charge < -0.3 is 32.1 Å². The predicted molar refractivity (Wildman–Crippen MR) is 160 cm³/mol. The minimum absolute atomic E-state index is 0.0431. The van der Waals surface area contributed by atoms with Crippen LogP contribution >= 0.6 is 23.5 Å². The van der Waals surface area contributed by atoms with E-state index in [0.29, 0.717) is 5.75 Å². The van der Waals surface area contributed by atoms with Crippen molar-refractivity contribution < 1.29 is 34.0 Å². The SMILES string of the molecule is CSCC[C@H](NC(=O)[C@@H](Cc1ccccc1)NC(=O)CNC(=O)CNC(=O)[C@@H](N)CSc1ncccc1[N+](=O)[O-])C(=O)O. The minimum atomic E-state index is -1.20. The van der Waals surface area contributed by atoms with Gasteiger partial charge in [-0.05, 0) is 30.1 Å². The summed E-state index contributed by atoms with van der Waals surface area (Å²) in [5.74, 6) is -3.54. The zero-order valence-electron chi connectivity index (χ0n) is 23.2. The number of nitro groups is 1. The van der Waals surface area contributed by atoms with Crippen molar-refractivity contribution in [2.75, 3.05) is 30.9 Å². The Bertz CT molecular complexity index is 1290. The van der Waals surface area contributed by atoms with Crippen LogP contribution in [0.4, 0.5) is 5.69 Å². The van der Waals surface area contributed by atoms with Gasteiger partial charge in [-0.1, -0.05) is 42.1 Å². The van der Waals surface area contributed by atoms with E-state index < -0.39 is 65.7 Å². The van der Waals surface area contributed by atoms with Gasteiger partial charge in [0.15, 0.2) is 5.03 Å². The first-order valence-electron chi connectivity index (χ1n) is 12.9. The summed E-state index contributed by atoms with van der Waals surface area (Å²) in [5, 5.41) is 30.3. The van der Waals surface area contributed by atoms with Crippen molar-refractivity contribution in [3.63, 3.8) is 0 Å². The van der Waals surface area contributed by atoms with Crippen LogP contribution in [0.15, 0.2) is 53.7 Å². The van der Waals surface area contributed by atoms with E-state index in [2.05, 4.69) is 26.3 Å². The van der Waals surface area contributed by atoms with Gasteiger partial charge in [0, 0.05) is 24.4 Å². The number of hydrogen-bond acceptors (Lipinski definition) is 11. The maximum atomic E-state index is 13.0. The Morgan fingerprint density at radius 1 is 0.977 bits per heavy atom. The highest BCUT2D eigenvalue weighted by Crippen LogP contribution is 2.26. The van der Waals surface area contributed by atoms with Crippen LogP contribution in [0.2, 0.25) is 0 Å². The van der Waals surface area contributed by atoms with Gasteiger partial charge in [-0.3, -0.25) is 29.3 Å². The predicted octanol–water partition coefficient (Wildman–Crippen LogP) is -0.308. The van der Waals surface area contributed by atoms with E-state index in [-0.39, 0.29) is 29.3 Å². The van der Waals surface area contributed by atoms with Crippen molar-refractivity contribution >= 4 is 58.8 Å². The first-order valence-corrected chi connectivity index (χ1v) is 15.3. The summed E-state index contributed by atoms with van der Waals surface area (Å²) in [4.78, 5) is 76.0. The minimum Gasteiger partial charge on any atom is -0.480 e. The van der Waals surface area contributed by atoms with Gasteiger partial charge in [-0.15, -0.1) is 0 Å². The Kier molecular flexibility index (Phi) is 14.9. The first kappa shape index (κ1) is 35.0. The number of benzene rings is 1. The number of carboxylic acid groups (broad SMARTS) is 1. The van der Waals surface area contributed by atoms with E-state index in [1.54, 1.807) is 30.3 Å². The van der Waals surface area contributed by atoms with Crippen LogP contribution in [0.3, 0.4) is 0 Å². The molecule has 0 saturated heterocycles. The molecular formula is C26H33N7O8S2. The number of carbonyl (C=O) groups is 5. The van der Waals surface area contributed by atoms with Crippen LogP contribution in [-0.4, -0.2) is 93.6 Å². The van der Waals surface area contributed by atoms with E-state index in [1.807, 2.05) is 6.26 Å². The summed E-state index contributed by atoms with van der Waals surface area (Å²) in [7, 11) is 0. The molecule has 15 nitrogen and oxygen atoms in total. The molecule has 3 atom stereocenters. The molecule has 2 rings (SSSR count). The Balaban J connectivity index is 1.87. The molecular weight excluding hydrogens is 602 g/mol. The van der Waals surface area contributed by atoms with Crippen molar-refractivity contribution in [2.24, 2.45) is 5.73 Å². The molecule has 43 heavy (non-hydrogen) atoms. The summed E-state index contributed by atoms with van der Waals surface area (Å²) < 4.78 is 0. The molecule has 4 amide bonds. The van der Waals surface area contributed by atoms with Crippen LogP contribution in [0.1, 0.15) is 12.0 Å². The molecule has 0 spiro atoms. The summed E-state index contributed by atoms with van der Waals surface area (Å²) in [6.45, 7) is -1.02. The third-order valence-electron chi connectivity index (χ3n) is 5.71. The molecule has 0 saturated carbocycles. The zero-order chi connectivity index (χ0) is 31.8. The van der Waals surface area contributed by atoms with E-state index in [1.165, 1.54) is 30.1 Å². The van der Waals surface area contributed by atoms with Crippen LogP contribution < -0.4 is 27.0 Å². The van der Waals surface area contributed by atoms with Gasteiger partial charge in [0.2, 0.25) is 23.6 Å². The molecule has 0 bridgehead atoms. The van der Waals surface area contributed by atoms with Crippen molar-refractivity contribution in [2.45, 2.75) is 36.0 Å². The van der Waals surface area contributed by atoms with Gasteiger partial charge in [-0.2, -0.15) is 11.8 Å². The number of aliphatic carboxylic acids is 1. The molecule has 0 radical (unpaired) electrons. The second-order valence-corrected chi connectivity index (χ2v) is 11.0. The van der Waals surface area contributed by atoms with E-state index >= 15 is 0 Å². The summed E-state index contributed by atoms with van der Waals surface area (Å²) >= 11 is 2.35. The van der Waals surface area contributed by atoms with Crippen molar-refractivity contribution in [1.29, 1.82) is 0 Å². The summed E-state index contributed by atoms with van der Waals surface area (Å²) in [6, 6.07) is 8.12. The van der Waals surface area contributed by atoms with E-state index in [9.17, 15) is 39.2 Å². The molecule has 232 valence electrons. The molecule has 1 aromatic heterocycles. The molecule has 0 aliphatic carbocycles. The number of nitrogens with one attached hydrogen (secondary N) is 4. The number of carbonyl (C=O) groups excluding carboxylic acids is 4. The number of aromatic nitrogens is 1. The second kappa shape index (κ2) is 18.3. The fourth-order valence-electron chi connectivity index (χ4n) is 3.49. The fraction of sp³-hybridized carbons (Fsp3) is 0.385. The highest BCUT2D eigenvalue weighted by atomic mass is 32.2. The molecule has 17 heteroatoms. The molecule has 0 aliphatic heterocycles. The van der Waals surface area contributed by atoms with Gasteiger partial charge in [0.25, 0.3) is 0 Å². The van der Waals surface area contributed by atoms with Crippen molar-refractivity contribution in [3.8, 4) is 0 Å². The Hall–Kier alpha value is -4.22. The van der Waals surface area contributed by atoms with Crippen molar-refractivity contribution in [1.82, 2.24) is 26.3 Å². The lowest BCUT2D eigenvalue weighted by molar-refractivity contribution is -0.388. The molecule has 0 fully saturated rings. The maximum absolute atomic E-state index is 13.0. The van der Waals surface area contributed by atoms with Gasteiger partial charge in [0.05, 0.1) is 24.1 Å². The monoisotopic (exact) mass is 635 g/mol.